The van der Waals surface area contributed by atoms with Crippen LogP contribution in [0.4, 0.5) is 0 Å². The molecule has 0 aromatic carbocycles. The van der Waals surface area contributed by atoms with Gasteiger partial charge in [0.05, 0.1) is 6.61 Å². The van der Waals surface area contributed by atoms with Crippen LogP contribution >= 0.6 is 0 Å². The van der Waals surface area contributed by atoms with Gasteiger partial charge in [-0.1, -0.05) is 12.7 Å². The second kappa shape index (κ2) is 9.27. The summed E-state index contributed by atoms with van der Waals surface area (Å²) in [5, 5.41) is 1.83. The monoisotopic (exact) mass is 212 g/mol. The van der Waals surface area contributed by atoms with E-state index in [1.807, 2.05) is 31.3 Å². The lowest BCUT2D eigenvalue weighted by Gasteiger charge is -2.14. The lowest BCUT2D eigenvalue weighted by atomic mass is 10.3. The Balaban J connectivity index is 3.41. The molecule has 0 unspecified atom stereocenters. The molecule has 0 bridgehead atoms. The fourth-order valence-corrected chi connectivity index (χ4v) is 0.964. The van der Waals surface area contributed by atoms with Crippen LogP contribution in [0.25, 0.3) is 0 Å². The Bertz CT molecular complexity index is 215. The van der Waals surface area contributed by atoms with E-state index in [4.69, 9.17) is 4.74 Å². The maximum absolute atomic E-state index is 11.0. The highest BCUT2D eigenvalue weighted by Gasteiger charge is 2.00. The number of carbonyl (C=O) groups excluding carboxylic acids is 1. The molecule has 0 aliphatic heterocycles. The number of ether oxygens (including phenoxy) is 1. The quantitative estimate of drug-likeness (QED) is 0.286. The number of hydrogen-bond acceptors (Lipinski definition) is 4. The van der Waals surface area contributed by atoms with Crippen molar-refractivity contribution in [2.24, 2.45) is 0 Å². The first-order chi connectivity index (χ1) is 7.20. The van der Waals surface area contributed by atoms with Gasteiger partial charge in [-0.3, -0.25) is 4.79 Å². The summed E-state index contributed by atoms with van der Waals surface area (Å²) < 4.78 is 4.81. The van der Waals surface area contributed by atoms with Crippen molar-refractivity contribution in [2.75, 3.05) is 20.2 Å². The molecule has 0 aromatic rings. The molecule has 4 nitrogen and oxygen atoms in total. The van der Waals surface area contributed by atoms with Crippen LogP contribution in [0.5, 0.6) is 0 Å². The van der Waals surface area contributed by atoms with Gasteiger partial charge < -0.3 is 9.75 Å². The second-order valence-corrected chi connectivity index (χ2v) is 3.00. The standard InChI is InChI=1S/C11H20N2O2/c1-4-6-10-13(3)12-9-7-8-11(14)15-5-2/h4,6,10,12H,1,5,7-9H2,2-3H3/b10-6+. The van der Waals surface area contributed by atoms with Crippen LogP contribution in [0.15, 0.2) is 24.9 Å². The topological polar surface area (TPSA) is 41.6 Å². The molecule has 0 atom stereocenters. The van der Waals surface area contributed by atoms with Crippen molar-refractivity contribution < 1.29 is 9.53 Å². The SMILES string of the molecule is C=C/C=C/N(C)NCCCC(=O)OCC. The molecule has 0 heterocycles. The van der Waals surface area contributed by atoms with Gasteiger partial charge in [-0.25, -0.2) is 5.43 Å². The maximum Gasteiger partial charge on any atom is 0.305 e. The van der Waals surface area contributed by atoms with Gasteiger partial charge in [-0.2, -0.15) is 0 Å². The molecule has 0 rings (SSSR count). The van der Waals surface area contributed by atoms with E-state index in [9.17, 15) is 4.79 Å². The molecule has 0 saturated heterocycles. The van der Waals surface area contributed by atoms with Gasteiger partial charge in [-0.05, 0) is 19.4 Å². The first kappa shape index (κ1) is 13.7. The third-order valence-corrected chi connectivity index (χ3v) is 1.67. The van der Waals surface area contributed by atoms with Crippen LogP contribution in [-0.2, 0) is 9.53 Å². The predicted octanol–water partition coefficient (Wildman–Crippen LogP) is 1.47. The Hall–Kier alpha value is -1.29. The lowest BCUT2D eigenvalue weighted by Crippen LogP contribution is -2.30. The second-order valence-electron chi connectivity index (χ2n) is 3.00. The molecule has 0 amide bonds. The Morgan fingerprint density at radius 3 is 2.93 bits per heavy atom. The van der Waals surface area contributed by atoms with E-state index < -0.39 is 0 Å². The largest absolute Gasteiger partial charge is 0.466 e. The van der Waals surface area contributed by atoms with Gasteiger partial charge in [0.2, 0.25) is 0 Å². The van der Waals surface area contributed by atoms with E-state index in [1.165, 1.54) is 0 Å². The van der Waals surface area contributed by atoms with E-state index in [0.717, 1.165) is 13.0 Å². The van der Waals surface area contributed by atoms with Crippen molar-refractivity contribution in [3.63, 3.8) is 0 Å². The number of hydrazine groups is 1. The van der Waals surface area contributed by atoms with Crippen molar-refractivity contribution >= 4 is 5.97 Å². The normalized spacial score (nSPS) is 10.3. The number of allylic oxidation sites excluding steroid dienone is 2. The molecule has 1 N–H and O–H groups in total. The van der Waals surface area contributed by atoms with Crippen molar-refractivity contribution in [2.45, 2.75) is 19.8 Å². The number of nitrogens with one attached hydrogen (secondary N) is 1. The predicted molar refractivity (Wildman–Crippen MR) is 61.0 cm³/mol. The minimum Gasteiger partial charge on any atom is -0.466 e. The van der Waals surface area contributed by atoms with Gasteiger partial charge >= 0.3 is 5.97 Å². The van der Waals surface area contributed by atoms with Crippen LogP contribution in [0.2, 0.25) is 0 Å². The van der Waals surface area contributed by atoms with Crippen LogP contribution in [0, 0.1) is 0 Å². The molecule has 4 heteroatoms. The smallest absolute Gasteiger partial charge is 0.305 e. The van der Waals surface area contributed by atoms with Gasteiger partial charge in [0, 0.05) is 26.2 Å². The Morgan fingerprint density at radius 1 is 1.60 bits per heavy atom. The van der Waals surface area contributed by atoms with Crippen LogP contribution in [0.3, 0.4) is 0 Å². The number of nitrogens with zero attached hydrogens (tertiary/aromatic N) is 1. The number of carbonyl (C=O) groups is 1. The van der Waals surface area contributed by atoms with Gasteiger partial charge in [-0.15, -0.1) is 0 Å². The molecule has 0 radical (unpaired) electrons. The molecule has 86 valence electrons. The Morgan fingerprint density at radius 2 is 2.33 bits per heavy atom. The molecule has 0 saturated carbocycles. The highest BCUT2D eigenvalue weighted by atomic mass is 16.5. The fraction of sp³-hybridized carbons (Fsp3) is 0.545. The summed E-state index contributed by atoms with van der Waals surface area (Å²) in [4.78, 5) is 11.0. The molecule has 0 fully saturated rings. The van der Waals surface area contributed by atoms with Crippen molar-refractivity contribution in [3.05, 3.63) is 24.9 Å². The van der Waals surface area contributed by atoms with Crippen LogP contribution in [-0.4, -0.2) is 31.2 Å². The average Bonchev–Trinajstić information content (AvgIpc) is 2.22. The fourth-order valence-electron chi connectivity index (χ4n) is 0.964. The summed E-state index contributed by atoms with van der Waals surface area (Å²) in [6.45, 7) is 6.58. The average molecular weight is 212 g/mol. The summed E-state index contributed by atoms with van der Waals surface area (Å²) >= 11 is 0. The van der Waals surface area contributed by atoms with Crippen LogP contribution < -0.4 is 5.43 Å². The third kappa shape index (κ3) is 9.02. The van der Waals surface area contributed by atoms with E-state index in [2.05, 4.69) is 12.0 Å². The van der Waals surface area contributed by atoms with Crippen molar-refractivity contribution in [1.82, 2.24) is 10.4 Å². The highest BCUT2D eigenvalue weighted by Crippen LogP contribution is 1.91. The van der Waals surface area contributed by atoms with Crippen molar-refractivity contribution in [3.8, 4) is 0 Å². The van der Waals surface area contributed by atoms with Crippen molar-refractivity contribution in [1.29, 1.82) is 0 Å². The van der Waals surface area contributed by atoms with Gasteiger partial charge in [0.15, 0.2) is 0 Å². The van der Waals surface area contributed by atoms with E-state index in [1.54, 1.807) is 6.08 Å². The molecule has 15 heavy (non-hydrogen) atoms. The molecule has 0 aromatic heterocycles. The maximum atomic E-state index is 11.0. The summed E-state index contributed by atoms with van der Waals surface area (Å²) in [6.07, 6.45) is 6.62. The summed E-state index contributed by atoms with van der Waals surface area (Å²) in [5.41, 5.74) is 3.11. The highest BCUT2D eigenvalue weighted by molar-refractivity contribution is 5.69. The van der Waals surface area contributed by atoms with Crippen LogP contribution in [0.1, 0.15) is 19.8 Å². The zero-order valence-corrected chi connectivity index (χ0v) is 9.53. The molecule has 0 aliphatic carbocycles. The van der Waals surface area contributed by atoms with Gasteiger partial charge in [0.25, 0.3) is 0 Å². The zero-order valence-electron chi connectivity index (χ0n) is 9.53. The Kier molecular flexibility index (Phi) is 8.47. The minimum atomic E-state index is -0.136. The summed E-state index contributed by atoms with van der Waals surface area (Å²) in [7, 11) is 1.89. The summed E-state index contributed by atoms with van der Waals surface area (Å²) in [6, 6.07) is 0. The first-order valence-corrected chi connectivity index (χ1v) is 5.12. The van der Waals surface area contributed by atoms with E-state index >= 15 is 0 Å². The first-order valence-electron chi connectivity index (χ1n) is 5.12. The number of hydrogen-bond donors (Lipinski definition) is 1. The summed E-state index contributed by atoms with van der Waals surface area (Å²) in [5.74, 6) is -0.136. The van der Waals surface area contributed by atoms with Gasteiger partial charge in [0.1, 0.15) is 0 Å². The molecular formula is C11H20N2O2. The molecule has 0 spiro atoms. The number of esters is 1. The van der Waals surface area contributed by atoms with E-state index in [0.29, 0.717) is 13.0 Å². The minimum absolute atomic E-state index is 0.136. The third-order valence-electron chi connectivity index (χ3n) is 1.67. The molecular weight excluding hydrogens is 192 g/mol. The van der Waals surface area contributed by atoms with E-state index in [-0.39, 0.29) is 5.97 Å². The zero-order chi connectivity index (χ0) is 11.5. The Labute approximate surface area is 91.6 Å². The number of rotatable bonds is 8. The molecule has 0 aliphatic rings. The lowest BCUT2D eigenvalue weighted by molar-refractivity contribution is -0.143.